The second kappa shape index (κ2) is 6.49. The number of aromatic amines is 1. The van der Waals surface area contributed by atoms with E-state index in [4.69, 9.17) is 0 Å². The summed E-state index contributed by atoms with van der Waals surface area (Å²) in [7, 11) is -3.11. The predicted octanol–water partition coefficient (Wildman–Crippen LogP) is 3.70. The summed E-state index contributed by atoms with van der Waals surface area (Å²) in [6, 6.07) is 6.29. The van der Waals surface area contributed by atoms with Crippen LogP contribution in [0.5, 0.6) is 0 Å². The summed E-state index contributed by atoms with van der Waals surface area (Å²) in [5, 5.41) is 1.22. The minimum Gasteiger partial charge on any atom is -0.360 e. The Kier molecular flexibility index (Phi) is 4.60. The summed E-state index contributed by atoms with van der Waals surface area (Å²) in [6.45, 7) is 5.18. The van der Waals surface area contributed by atoms with Crippen molar-refractivity contribution in [3.63, 3.8) is 0 Å². The van der Waals surface area contributed by atoms with Crippen molar-refractivity contribution in [2.45, 2.75) is 33.1 Å². The number of hydrogen-bond acceptors (Lipinski definition) is 2. The minimum atomic E-state index is -3.11. The van der Waals surface area contributed by atoms with E-state index in [1.165, 1.54) is 27.6 Å². The van der Waals surface area contributed by atoms with Crippen molar-refractivity contribution in [3.8, 4) is 0 Å². The molecule has 1 aliphatic rings. The fraction of sp³-hybridized carbons (Fsp3) is 0.444. The van der Waals surface area contributed by atoms with Crippen LogP contribution in [-0.4, -0.2) is 36.5 Å². The summed E-state index contributed by atoms with van der Waals surface area (Å²) in [4.78, 5) is 3.35. The number of nitrogens with zero attached hydrogens (tertiary/aromatic N) is 1. The Bertz CT molecular complexity index is 834. The molecule has 1 aliphatic heterocycles. The lowest BCUT2D eigenvalue weighted by Gasteiger charge is -2.25. The molecule has 0 fully saturated rings. The fourth-order valence-electron chi connectivity index (χ4n) is 3.18. The number of sulfonamides is 1. The topological polar surface area (TPSA) is 53.2 Å². The van der Waals surface area contributed by atoms with Gasteiger partial charge in [0, 0.05) is 35.8 Å². The first-order valence-electron chi connectivity index (χ1n) is 8.27. The molecule has 2 heterocycles. The number of aryl methyl sites for hydroxylation is 1. The SMILES string of the molecule is CCCCS(=O)(=O)N1CC=C(c2c[nH]c3c(C)cccc23)CC1. The molecule has 0 atom stereocenters. The second-order valence-corrected chi connectivity index (χ2v) is 8.30. The highest BCUT2D eigenvalue weighted by Crippen LogP contribution is 2.31. The van der Waals surface area contributed by atoms with E-state index in [0.717, 1.165) is 19.3 Å². The molecule has 1 aromatic heterocycles. The van der Waals surface area contributed by atoms with Crippen LogP contribution >= 0.6 is 0 Å². The maximum Gasteiger partial charge on any atom is 0.214 e. The molecule has 0 spiro atoms. The van der Waals surface area contributed by atoms with Crippen LogP contribution in [0.25, 0.3) is 16.5 Å². The summed E-state index contributed by atoms with van der Waals surface area (Å²) in [5.41, 5.74) is 4.84. The number of aromatic nitrogens is 1. The van der Waals surface area contributed by atoms with E-state index < -0.39 is 10.0 Å². The average molecular weight is 332 g/mol. The number of unbranched alkanes of at least 4 members (excludes halogenated alkanes) is 1. The van der Waals surface area contributed by atoms with Gasteiger partial charge in [0.1, 0.15) is 0 Å². The maximum absolute atomic E-state index is 12.3. The number of fused-ring (bicyclic) bond motifs is 1. The number of hydrogen-bond donors (Lipinski definition) is 1. The van der Waals surface area contributed by atoms with Gasteiger partial charge in [0.25, 0.3) is 0 Å². The van der Waals surface area contributed by atoms with E-state index >= 15 is 0 Å². The van der Waals surface area contributed by atoms with Gasteiger partial charge in [0.2, 0.25) is 10.0 Å². The van der Waals surface area contributed by atoms with Crippen molar-refractivity contribution < 1.29 is 8.42 Å². The maximum atomic E-state index is 12.3. The number of rotatable bonds is 5. The third-order valence-corrected chi connectivity index (χ3v) is 6.51. The molecule has 23 heavy (non-hydrogen) atoms. The van der Waals surface area contributed by atoms with Crippen molar-refractivity contribution in [1.82, 2.24) is 9.29 Å². The molecule has 4 nitrogen and oxygen atoms in total. The summed E-state index contributed by atoms with van der Waals surface area (Å²) >= 11 is 0. The Labute approximate surface area is 138 Å². The Hall–Kier alpha value is -1.59. The van der Waals surface area contributed by atoms with E-state index in [0.29, 0.717) is 13.1 Å². The summed E-state index contributed by atoms with van der Waals surface area (Å²) in [5.74, 6) is 0.263. The van der Waals surface area contributed by atoms with Crippen LogP contribution in [0.2, 0.25) is 0 Å². The van der Waals surface area contributed by atoms with Crippen molar-refractivity contribution in [2.75, 3.05) is 18.8 Å². The fourth-order valence-corrected chi connectivity index (χ4v) is 4.76. The van der Waals surface area contributed by atoms with Crippen LogP contribution in [0.1, 0.15) is 37.3 Å². The normalized spacial score (nSPS) is 16.7. The zero-order chi connectivity index (χ0) is 16.4. The van der Waals surface area contributed by atoms with Crippen molar-refractivity contribution in [3.05, 3.63) is 41.6 Å². The molecule has 0 unspecified atom stereocenters. The van der Waals surface area contributed by atoms with E-state index in [9.17, 15) is 8.42 Å². The molecule has 5 heteroatoms. The van der Waals surface area contributed by atoms with Gasteiger partial charge < -0.3 is 4.98 Å². The Morgan fingerprint density at radius 1 is 1.30 bits per heavy atom. The summed E-state index contributed by atoms with van der Waals surface area (Å²) in [6.07, 6.45) is 6.52. The van der Waals surface area contributed by atoms with Crippen LogP contribution in [0, 0.1) is 6.92 Å². The number of benzene rings is 1. The van der Waals surface area contributed by atoms with Crippen LogP contribution in [0.4, 0.5) is 0 Å². The molecule has 0 aliphatic carbocycles. The quantitative estimate of drug-likeness (QED) is 0.908. The first-order chi connectivity index (χ1) is 11.0. The van der Waals surface area contributed by atoms with Gasteiger partial charge in [-0.3, -0.25) is 0 Å². The highest BCUT2D eigenvalue weighted by molar-refractivity contribution is 7.89. The lowest BCUT2D eigenvalue weighted by atomic mass is 9.99. The van der Waals surface area contributed by atoms with Gasteiger partial charge >= 0.3 is 0 Å². The van der Waals surface area contributed by atoms with E-state index in [1.807, 2.05) is 13.1 Å². The van der Waals surface area contributed by atoms with E-state index in [-0.39, 0.29) is 5.75 Å². The monoisotopic (exact) mass is 332 g/mol. The van der Waals surface area contributed by atoms with Crippen molar-refractivity contribution in [2.24, 2.45) is 0 Å². The standard InChI is InChI=1S/C18H24N2O2S/c1-3-4-12-23(21,22)20-10-8-15(9-11-20)17-13-19-18-14(2)6-5-7-16(17)18/h5-8,13,19H,3-4,9-12H2,1-2H3. The molecule has 2 aromatic rings. The first kappa shape index (κ1) is 16.3. The van der Waals surface area contributed by atoms with E-state index in [2.05, 4.69) is 36.2 Å². The lowest BCUT2D eigenvalue weighted by Crippen LogP contribution is -2.36. The van der Waals surface area contributed by atoms with Gasteiger partial charge in [0.15, 0.2) is 0 Å². The molecular weight excluding hydrogens is 308 g/mol. The van der Waals surface area contributed by atoms with Gasteiger partial charge in [-0.15, -0.1) is 0 Å². The van der Waals surface area contributed by atoms with Crippen LogP contribution in [0.15, 0.2) is 30.5 Å². The number of H-pyrrole nitrogens is 1. The molecule has 3 rings (SSSR count). The van der Waals surface area contributed by atoms with Gasteiger partial charge in [-0.2, -0.15) is 4.31 Å². The molecule has 1 N–H and O–H groups in total. The van der Waals surface area contributed by atoms with Gasteiger partial charge in [-0.05, 0) is 30.9 Å². The lowest BCUT2D eigenvalue weighted by molar-refractivity contribution is 0.440. The molecule has 0 saturated carbocycles. The first-order valence-corrected chi connectivity index (χ1v) is 9.88. The molecule has 1 aromatic carbocycles. The number of para-hydroxylation sites is 1. The zero-order valence-electron chi connectivity index (χ0n) is 13.8. The molecule has 0 bridgehead atoms. The van der Waals surface area contributed by atoms with Crippen LogP contribution in [0.3, 0.4) is 0 Å². The summed E-state index contributed by atoms with van der Waals surface area (Å²) < 4.78 is 26.2. The Morgan fingerprint density at radius 3 is 2.83 bits per heavy atom. The van der Waals surface area contributed by atoms with Crippen LogP contribution in [-0.2, 0) is 10.0 Å². The zero-order valence-corrected chi connectivity index (χ0v) is 14.6. The minimum absolute atomic E-state index is 0.263. The largest absolute Gasteiger partial charge is 0.360 e. The number of nitrogens with one attached hydrogen (secondary N) is 1. The molecule has 0 radical (unpaired) electrons. The molecule has 0 amide bonds. The molecule has 124 valence electrons. The molecule has 0 saturated heterocycles. The van der Waals surface area contributed by atoms with Gasteiger partial charge in [0.05, 0.1) is 5.75 Å². The highest BCUT2D eigenvalue weighted by atomic mass is 32.2. The van der Waals surface area contributed by atoms with Crippen molar-refractivity contribution >= 4 is 26.5 Å². The average Bonchev–Trinajstić information content (AvgIpc) is 2.98. The van der Waals surface area contributed by atoms with Gasteiger partial charge in [-0.25, -0.2) is 8.42 Å². The Balaban J connectivity index is 1.82. The van der Waals surface area contributed by atoms with Gasteiger partial charge in [-0.1, -0.05) is 37.6 Å². The van der Waals surface area contributed by atoms with Crippen molar-refractivity contribution in [1.29, 1.82) is 0 Å². The van der Waals surface area contributed by atoms with Crippen LogP contribution < -0.4 is 0 Å². The third-order valence-electron chi connectivity index (χ3n) is 4.59. The third kappa shape index (κ3) is 3.21. The predicted molar refractivity (Wildman–Crippen MR) is 95.9 cm³/mol. The highest BCUT2D eigenvalue weighted by Gasteiger charge is 2.24. The Morgan fingerprint density at radius 2 is 2.13 bits per heavy atom. The second-order valence-electron chi connectivity index (χ2n) is 6.21. The van der Waals surface area contributed by atoms with E-state index in [1.54, 1.807) is 4.31 Å². The smallest absolute Gasteiger partial charge is 0.214 e. The molecular formula is C18H24N2O2S.